The summed E-state index contributed by atoms with van der Waals surface area (Å²) in [7, 11) is 1.54. The number of aliphatic carboxylic acids is 1. The van der Waals surface area contributed by atoms with E-state index >= 15 is 0 Å². The second-order valence-electron chi connectivity index (χ2n) is 7.47. The molecule has 192 valence electrons. The lowest BCUT2D eigenvalue weighted by Crippen LogP contribution is -2.20. The number of pyridine rings is 1. The summed E-state index contributed by atoms with van der Waals surface area (Å²) in [6, 6.07) is 20.2. The summed E-state index contributed by atoms with van der Waals surface area (Å²) in [4.78, 5) is 39.4. The van der Waals surface area contributed by atoms with Crippen molar-refractivity contribution in [2.45, 2.75) is 6.92 Å². The first kappa shape index (κ1) is 27.4. The molecule has 0 aliphatic carbocycles. The minimum absolute atomic E-state index is 0.0559. The number of nitrogens with one attached hydrogen (secondary N) is 1. The molecule has 2 N–H and O–H groups in total. The summed E-state index contributed by atoms with van der Waals surface area (Å²) in [5, 5.41) is 20.0. The Hall–Kier alpha value is -5.14. The highest BCUT2D eigenvalue weighted by atomic mass is 35.5. The lowest BCUT2D eigenvalue weighted by Gasteiger charge is -2.11. The first-order valence-electron chi connectivity index (χ1n) is 10.9. The number of benzene rings is 2. The van der Waals surface area contributed by atoms with Crippen molar-refractivity contribution >= 4 is 40.9 Å². The van der Waals surface area contributed by atoms with E-state index in [-0.39, 0.29) is 17.0 Å². The molecular formula is C27H21ClN4O6. The summed E-state index contributed by atoms with van der Waals surface area (Å²) >= 11 is 6.09. The molecule has 0 atom stereocenters. The van der Waals surface area contributed by atoms with Crippen molar-refractivity contribution in [3.8, 4) is 23.4 Å². The zero-order valence-corrected chi connectivity index (χ0v) is 21.0. The average Bonchev–Trinajstić information content (AvgIpc) is 2.90. The van der Waals surface area contributed by atoms with Gasteiger partial charge in [0, 0.05) is 13.1 Å². The maximum atomic E-state index is 13.2. The summed E-state index contributed by atoms with van der Waals surface area (Å²) in [5.74, 6) is -0.605. The van der Waals surface area contributed by atoms with E-state index < -0.39 is 17.4 Å². The number of carboxylic acid groups (broad SMARTS) is 1. The first-order chi connectivity index (χ1) is 18.2. The number of carbonyl (C=O) groups is 2. The number of anilines is 1. The number of hydrogen-bond donors (Lipinski definition) is 2. The number of methoxy groups -OCH3 is 1. The van der Waals surface area contributed by atoms with Crippen molar-refractivity contribution in [2.24, 2.45) is 0 Å². The van der Waals surface area contributed by atoms with Crippen molar-refractivity contribution in [2.75, 3.05) is 12.4 Å². The van der Waals surface area contributed by atoms with E-state index in [1.807, 2.05) is 6.07 Å². The van der Waals surface area contributed by atoms with E-state index in [2.05, 4.69) is 10.3 Å². The van der Waals surface area contributed by atoms with Gasteiger partial charge in [0.05, 0.1) is 17.8 Å². The van der Waals surface area contributed by atoms with E-state index in [1.54, 1.807) is 73.8 Å². The third kappa shape index (κ3) is 6.96. The van der Waals surface area contributed by atoms with Gasteiger partial charge in [-0.2, -0.15) is 10.2 Å². The Morgan fingerprint density at radius 1 is 1.08 bits per heavy atom. The van der Waals surface area contributed by atoms with Crippen LogP contribution >= 0.6 is 11.6 Å². The summed E-state index contributed by atoms with van der Waals surface area (Å²) in [5.41, 5.74) is -0.224. The number of carboxylic acids is 1. The standard InChI is InChI=1S/C25H17ClN4O4.C2H4O2/c1-33-17-9-11-18(12-10-17)34-24-19(25(32)30-13-5-4-8-22(30)29-24)14-16(15-27)23(31)28-21-7-3-2-6-20(21)26;1-2(3)4/h2-14H,1H3,(H,28,31);1H3,(H,3,4)/b16-14-;. The molecular weight excluding hydrogens is 512 g/mol. The molecule has 4 aromatic rings. The predicted octanol–water partition coefficient (Wildman–Crippen LogP) is 4.79. The van der Waals surface area contributed by atoms with Crippen LogP contribution in [0.4, 0.5) is 5.69 Å². The number of hydrogen-bond acceptors (Lipinski definition) is 7. The number of ether oxygens (including phenoxy) is 2. The maximum Gasteiger partial charge on any atom is 0.300 e. The van der Waals surface area contributed by atoms with Gasteiger partial charge >= 0.3 is 0 Å². The first-order valence-corrected chi connectivity index (χ1v) is 11.3. The number of amides is 1. The van der Waals surface area contributed by atoms with Gasteiger partial charge in [0.25, 0.3) is 17.4 Å². The molecule has 0 bridgehead atoms. The quantitative estimate of drug-likeness (QED) is 0.266. The van der Waals surface area contributed by atoms with Gasteiger partial charge in [0.15, 0.2) is 0 Å². The second-order valence-corrected chi connectivity index (χ2v) is 7.87. The molecule has 0 spiro atoms. The maximum absolute atomic E-state index is 13.2. The van der Waals surface area contributed by atoms with E-state index in [9.17, 15) is 14.9 Å². The fourth-order valence-corrected chi connectivity index (χ4v) is 3.27. The van der Waals surface area contributed by atoms with Crippen LogP contribution in [0.3, 0.4) is 0 Å². The van der Waals surface area contributed by atoms with Crippen LogP contribution in [0.2, 0.25) is 5.02 Å². The van der Waals surface area contributed by atoms with Gasteiger partial charge in [-0.05, 0) is 54.6 Å². The molecule has 0 saturated carbocycles. The van der Waals surface area contributed by atoms with Crippen LogP contribution in [0.1, 0.15) is 12.5 Å². The third-order valence-electron chi connectivity index (χ3n) is 4.78. The number of carbonyl (C=O) groups excluding carboxylic acids is 1. The highest BCUT2D eigenvalue weighted by Gasteiger charge is 2.18. The van der Waals surface area contributed by atoms with Crippen LogP contribution in [-0.4, -0.2) is 33.5 Å². The molecule has 2 aromatic carbocycles. The molecule has 11 heteroatoms. The van der Waals surface area contributed by atoms with Crippen molar-refractivity contribution in [1.82, 2.24) is 9.38 Å². The Labute approximate surface area is 222 Å². The molecule has 10 nitrogen and oxygen atoms in total. The van der Waals surface area contributed by atoms with Crippen LogP contribution in [0.5, 0.6) is 17.4 Å². The van der Waals surface area contributed by atoms with Crippen LogP contribution in [0, 0.1) is 11.3 Å². The number of aromatic nitrogens is 2. The van der Waals surface area contributed by atoms with Gasteiger partial charge in [-0.1, -0.05) is 29.8 Å². The average molecular weight is 533 g/mol. The molecule has 0 saturated heterocycles. The van der Waals surface area contributed by atoms with Gasteiger partial charge in [0.2, 0.25) is 5.88 Å². The Balaban J connectivity index is 0.000000934. The molecule has 0 aliphatic heterocycles. The van der Waals surface area contributed by atoms with E-state index in [0.29, 0.717) is 27.9 Å². The van der Waals surface area contributed by atoms with Crippen LogP contribution in [0.25, 0.3) is 11.7 Å². The van der Waals surface area contributed by atoms with Gasteiger partial charge in [0.1, 0.15) is 34.4 Å². The third-order valence-corrected chi connectivity index (χ3v) is 5.11. The largest absolute Gasteiger partial charge is 0.497 e. The second kappa shape index (κ2) is 12.7. The zero-order valence-electron chi connectivity index (χ0n) is 20.2. The summed E-state index contributed by atoms with van der Waals surface area (Å²) in [6.07, 6.45) is 2.69. The number of fused-ring (bicyclic) bond motifs is 1. The Kier molecular flexibility index (Phi) is 9.18. The normalized spacial score (nSPS) is 10.5. The topological polar surface area (TPSA) is 143 Å². The molecule has 0 radical (unpaired) electrons. The van der Waals surface area contributed by atoms with Crippen LogP contribution < -0.4 is 20.3 Å². The molecule has 0 aliphatic rings. The highest BCUT2D eigenvalue weighted by Crippen LogP contribution is 2.26. The number of halogens is 1. The van der Waals surface area contributed by atoms with Crippen molar-refractivity contribution in [1.29, 1.82) is 5.26 Å². The number of nitrogens with zero attached hydrogens (tertiary/aromatic N) is 3. The van der Waals surface area contributed by atoms with Gasteiger partial charge < -0.3 is 19.9 Å². The smallest absolute Gasteiger partial charge is 0.300 e. The van der Waals surface area contributed by atoms with E-state index in [1.165, 1.54) is 10.6 Å². The lowest BCUT2D eigenvalue weighted by atomic mass is 10.1. The predicted molar refractivity (Wildman–Crippen MR) is 142 cm³/mol. The Bertz CT molecular complexity index is 1600. The van der Waals surface area contributed by atoms with Gasteiger partial charge in [-0.25, -0.2) is 0 Å². The summed E-state index contributed by atoms with van der Waals surface area (Å²) in [6.45, 7) is 1.08. The highest BCUT2D eigenvalue weighted by molar-refractivity contribution is 6.34. The van der Waals surface area contributed by atoms with E-state index in [4.69, 9.17) is 31.0 Å². The van der Waals surface area contributed by atoms with E-state index in [0.717, 1.165) is 13.0 Å². The zero-order chi connectivity index (χ0) is 27.7. The molecule has 2 heterocycles. The van der Waals surface area contributed by atoms with Crippen molar-refractivity contribution in [3.05, 3.63) is 99.4 Å². The number of para-hydroxylation sites is 1. The molecule has 38 heavy (non-hydrogen) atoms. The Morgan fingerprint density at radius 3 is 2.34 bits per heavy atom. The molecule has 0 unspecified atom stereocenters. The summed E-state index contributed by atoms with van der Waals surface area (Å²) < 4.78 is 12.3. The Morgan fingerprint density at radius 2 is 1.71 bits per heavy atom. The van der Waals surface area contributed by atoms with Crippen molar-refractivity contribution < 1.29 is 24.2 Å². The van der Waals surface area contributed by atoms with Crippen LogP contribution in [0.15, 0.2) is 83.3 Å². The fourth-order valence-electron chi connectivity index (χ4n) is 3.08. The fraction of sp³-hybridized carbons (Fsp3) is 0.0741. The molecule has 4 rings (SSSR count). The molecule has 2 aromatic heterocycles. The van der Waals surface area contributed by atoms with Gasteiger partial charge in [-0.15, -0.1) is 0 Å². The SMILES string of the molecule is CC(=O)O.COc1ccc(Oc2nc3ccccn3c(=O)c2/C=C(/C#N)C(=O)Nc2ccccc2Cl)cc1. The molecule has 1 amide bonds. The van der Waals surface area contributed by atoms with Gasteiger partial charge in [-0.3, -0.25) is 18.8 Å². The number of nitriles is 1. The molecule has 0 fully saturated rings. The minimum Gasteiger partial charge on any atom is -0.497 e. The number of rotatable bonds is 6. The monoisotopic (exact) mass is 532 g/mol. The lowest BCUT2D eigenvalue weighted by molar-refractivity contribution is -0.134. The van der Waals surface area contributed by atoms with Crippen molar-refractivity contribution in [3.63, 3.8) is 0 Å². The minimum atomic E-state index is -0.833. The van der Waals surface area contributed by atoms with Crippen LogP contribution in [-0.2, 0) is 9.59 Å².